The second-order valence-electron chi connectivity index (χ2n) is 4.92. The van der Waals surface area contributed by atoms with E-state index in [1.54, 1.807) is 0 Å². The molecule has 0 unspecified atom stereocenters. The van der Waals surface area contributed by atoms with Crippen LogP contribution in [0.3, 0.4) is 0 Å². The van der Waals surface area contributed by atoms with Gasteiger partial charge in [0.25, 0.3) is 0 Å². The molecule has 0 bridgehead atoms. The predicted octanol–water partition coefficient (Wildman–Crippen LogP) is 2.02. The van der Waals surface area contributed by atoms with Crippen molar-refractivity contribution in [3.63, 3.8) is 0 Å². The summed E-state index contributed by atoms with van der Waals surface area (Å²) in [6.07, 6.45) is 1.04. The molecule has 5 heteroatoms. The maximum atomic E-state index is 4.10. The lowest BCUT2D eigenvalue weighted by atomic mass is 10.1. The van der Waals surface area contributed by atoms with Gasteiger partial charge in [0, 0.05) is 13.1 Å². The van der Waals surface area contributed by atoms with Crippen LogP contribution in [0.25, 0.3) is 0 Å². The summed E-state index contributed by atoms with van der Waals surface area (Å²) in [5.74, 6) is 0.929. The highest BCUT2D eigenvalue weighted by atomic mass is 15.5. The number of aromatic nitrogens is 4. The summed E-state index contributed by atoms with van der Waals surface area (Å²) < 4.78 is 1.88. The number of tetrazole rings is 1. The molecule has 0 spiro atoms. The summed E-state index contributed by atoms with van der Waals surface area (Å²) >= 11 is 0. The minimum Gasteiger partial charge on any atom is -0.295 e. The maximum Gasteiger partial charge on any atom is 0.165 e. The van der Waals surface area contributed by atoms with Gasteiger partial charge in [-0.05, 0) is 41.9 Å². The Labute approximate surface area is 114 Å². The lowest BCUT2D eigenvalue weighted by Crippen LogP contribution is -2.21. The van der Waals surface area contributed by atoms with Crippen LogP contribution in [0.4, 0.5) is 0 Å². The third-order valence-corrected chi connectivity index (χ3v) is 3.15. The third-order valence-electron chi connectivity index (χ3n) is 3.15. The summed E-state index contributed by atoms with van der Waals surface area (Å²) in [7, 11) is 2.09. The maximum absolute atomic E-state index is 4.10. The van der Waals surface area contributed by atoms with Crippen molar-refractivity contribution in [2.75, 3.05) is 7.05 Å². The Hall–Kier alpha value is -1.75. The van der Waals surface area contributed by atoms with E-state index in [9.17, 15) is 0 Å². The highest BCUT2D eigenvalue weighted by Gasteiger charge is 2.09. The summed E-state index contributed by atoms with van der Waals surface area (Å²) in [5.41, 5.74) is 2.67. The van der Waals surface area contributed by atoms with Gasteiger partial charge in [0.2, 0.25) is 0 Å². The third kappa shape index (κ3) is 3.61. The molecule has 0 aliphatic heterocycles. The zero-order valence-corrected chi connectivity index (χ0v) is 11.9. The molecule has 1 heterocycles. The van der Waals surface area contributed by atoms with Gasteiger partial charge in [-0.2, -0.15) is 0 Å². The van der Waals surface area contributed by atoms with E-state index in [1.807, 2.05) is 4.68 Å². The van der Waals surface area contributed by atoms with Crippen LogP contribution in [-0.2, 0) is 19.6 Å². The molecular formula is C14H21N5. The Kier molecular flexibility index (Phi) is 4.63. The van der Waals surface area contributed by atoms with Crippen molar-refractivity contribution in [3.8, 4) is 0 Å². The molecule has 5 nitrogen and oxygen atoms in total. The highest BCUT2D eigenvalue weighted by molar-refractivity contribution is 5.25. The molecule has 0 amide bonds. The fourth-order valence-corrected chi connectivity index (χ4v) is 2.10. The van der Waals surface area contributed by atoms with Crippen LogP contribution in [0.5, 0.6) is 0 Å². The molecule has 102 valence electrons. The van der Waals surface area contributed by atoms with Crippen LogP contribution in [0.2, 0.25) is 0 Å². The molecule has 0 atom stereocenters. The molecule has 0 aliphatic rings. The molecule has 0 radical (unpaired) electrons. The van der Waals surface area contributed by atoms with E-state index < -0.39 is 0 Å². The van der Waals surface area contributed by atoms with Crippen LogP contribution in [-0.4, -0.2) is 32.2 Å². The van der Waals surface area contributed by atoms with Gasteiger partial charge in [-0.15, -0.1) is 5.10 Å². The summed E-state index contributed by atoms with van der Waals surface area (Å²) in [6.45, 7) is 6.82. The number of hydrogen-bond donors (Lipinski definition) is 0. The molecule has 0 N–H and O–H groups in total. The fourth-order valence-electron chi connectivity index (χ4n) is 2.10. The number of hydrogen-bond acceptors (Lipinski definition) is 4. The molecular weight excluding hydrogens is 238 g/mol. The summed E-state index contributed by atoms with van der Waals surface area (Å²) in [5, 5.41) is 11.9. The second kappa shape index (κ2) is 6.43. The SMILES string of the molecule is CCCn1nnnc1CN(C)Cc1ccccc1C. The van der Waals surface area contributed by atoms with Gasteiger partial charge >= 0.3 is 0 Å². The molecule has 2 aromatic rings. The molecule has 0 aliphatic carbocycles. The van der Waals surface area contributed by atoms with Gasteiger partial charge in [-0.25, -0.2) is 4.68 Å². The number of benzene rings is 1. The van der Waals surface area contributed by atoms with E-state index in [-0.39, 0.29) is 0 Å². The standard InChI is InChI=1S/C14H21N5/c1-4-9-19-14(15-16-17-19)11-18(3)10-13-8-6-5-7-12(13)2/h5-8H,4,9-11H2,1-3H3. The highest BCUT2D eigenvalue weighted by Crippen LogP contribution is 2.10. The van der Waals surface area contributed by atoms with Crippen LogP contribution in [0, 0.1) is 6.92 Å². The van der Waals surface area contributed by atoms with Gasteiger partial charge in [0.1, 0.15) is 0 Å². The second-order valence-corrected chi connectivity index (χ2v) is 4.92. The quantitative estimate of drug-likeness (QED) is 0.796. The first kappa shape index (κ1) is 13.7. The Morgan fingerprint density at radius 2 is 2.00 bits per heavy atom. The largest absolute Gasteiger partial charge is 0.295 e. The van der Waals surface area contributed by atoms with E-state index in [0.717, 1.165) is 31.9 Å². The first-order valence-electron chi connectivity index (χ1n) is 6.68. The first-order valence-corrected chi connectivity index (χ1v) is 6.68. The van der Waals surface area contributed by atoms with E-state index in [2.05, 4.69) is 65.6 Å². The molecule has 2 rings (SSSR count). The van der Waals surface area contributed by atoms with E-state index in [4.69, 9.17) is 0 Å². The Balaban J connectivity index is 1.99. The van der Waals surface area contributed by atoms with Gasteiger partial charge in [-0.3, -0.25) is 4.90 Å². The van der Waals surface area contributed by atoms with E-state index in [0.29, 0.717) is 0 Å². The van der Waals surface area contributed by atoms with Gasteiger partial charge in [-0.1, -0.05) is 31.2 Å². The summed E-state index contributed by atoms with van der Waals surface area (Å²) in [6, 6.07) is 8.46. The fraction of sp³-hybridized carbons (Fsp3) is 0.500. The van der Waals surface area contributed by atoms with Crippen molar-refractivity contribution in [1.29, 1.82) is 0 Å². The zero-order valence-electron chi connectivity index (χ0n) is 11.9. The van der Waals surface area contributed by atoms with E-state index in [1.165, 1.54) is 11.1 Å². The van der Waals surface area contributed by atoms with Crippen molar-refractivity contribution in [3.05, 3.63) is 41.2 Å². The van der Waals surface area contributed by atoms with Crippen LogP contribution < -0.4 is 0 Å². The number of rotatable bonds is 6. The Morgan fingerprint density at radius 1 is 1.21 bits per heavy atom. The van der Waals surface area contributed by atoms with Crippen molar-refractivity contribution >= 4 is 0 Å². The van der Waals surface area contributed by atoms with Crippen LogP contribution >= 0.6 is 0 Å². The molecule has 0 saturated carbocycles. The number of nitrogens with zero attached hydrogens (tertiary/aromatic N) is 5. The molecule has 0 fully saturated rings. The van der Waals surface area contributed by atoms with Crippen molar-refractivity contribution in [1.82, 2.24) is 25.1 Å². The minimum atomic E-state index is 0.765. The predicted molar refractivity (Wildman–Crippen MR) is 74.5 cm³/mol. The Morgan fingerprint density at radius 3 is 2.74 bits per heavy atom. The Bertz CT molecular complexity index is 520. The van der Waals surface area contributed by atoms with Crippen LogP contribution in [0.15, 0.2) is 24.3 Å². The molecule has 19 heavy (non-hydrogen) atoms. The average molecular weight is 259 g/mol. The number of aryl methyl sites for hydroxylation is 2. The zero-order chi connectivity index (χ0) is 13.7. The normalized spacial score (nSPS) is 11.2. The lowest BCUT2D eigenvalue weighted by molar-refractivity contribution is 0.301. The smallest absolute Gasteiger partial charge is 0.165 e. The molecule has 1 aromatic carbocycles. The van der Waals surface area contributed by atoms with Crippen LogP contribution in [0.1, 0.15) is 30.3 Å². The van der Waals surface area contributed by atoms with Gasteiger partial charge in [0.05, 0.1) is 6.54 Å². The lowest BCUT2D eigenvalue weighted by Gasteiger charge is -2.17. The van der Waals surface area contributed by atoms with Crippen molar-refractivity contribution < 1.29 is 0 Å². The van der Waals surface area contributed by atoms with Gasteiger partial charge in [0.15, 0.2) is 5.82 Å². The molecule has 1 aromatic heterocycles. The topological polar surface area (TPSA) is 46.8 Å². The molecule has 0 saturated heterocycles. The minimum absolute atomic E-state index is 0.765. The first-order chi connectivity index (χ1) is 9.20. The van der Waals surface area contributed by atoms with Crippen molar-refractivity contribution in [2.45, 2.75) is 39.9 Å². The average Bonchev–Trinajstić information content (AvgIpc) is 2.80. The summed E-state index contributed by atoms with van der Waals surface area (Å²) in [4.78, 5) is 2.24. The monoisotopic (exact) mass is 259 g/mol. The van der Waals surface area contributed by atoms with Gasteiger partial charge < -0.3 is 0 Å². The van der Waals surface area contributed by atoms with Crippen molar-refractivity contribution in [2.24, 2.45) is 0 Å². The van der Waals surface area contributed by atoms with E-state index >= 15 is 0 Å².